The molecule has 0 aliphatic heterocycles. The van der Waals surface area contributed by atoms with Crippen LogP contribution >= 0.6 is 0 Å². The van der Waals surface area contributed by atoms with Crippen molar-refractivity contribution in [1.29, 1.82) is 0 Å². The Morgan fingerprint density at radius 1 is 0.793 bits per heavy atom. The van der Waals surface area contributed by atoms with Gasteiger partial charge >= 0.3 is 5.97 Å². The van der Waals surface area contributed by atoms with Crippen LogP contribution in [0.3, 0.4) is 0 Å². The van der Waals surface area contributed by atoms with E-state index in [1.165, 1.54) is 56.9 Å². The largest absolute Gasteiger partial charge is 0.462 e. The van der Waals surface area contributed by atoms with Crippen molar-refractivity contribution in [2.24, 2.45) is 0 Å². The van der Waals surface area contributed by atoms with E-state index < -0.39 is 0 Å². The SMILES string of the molecule is CCCCCCCCOC(=O)c1ccc(-c2ncc(CCCCCC)cn2)cc1. The molecule has 1 heterocycles. The third-order valence-corrected chi connectivity index (χ3v) is 5.13. The van der Waals surface area contributed by atoms with E-state index in [9.17, 15) is 4.79 Å². The van der Waals surface area contributed by atoms with Gasteiger partial charge in [0.2, 0.25) is 0 Å². The molecule has 0 unspecified atom stereocenters. The summed E-state index contributed by atoms with van der Waals surface area (Å²) < 4.78 is 5.38. The summed E-state index contributed by atoms with van der Waals surface area (Å²) in [5.41, 5.74) is 2.67. The van der Waals surface area contributed by atoms with Crippen LogP contribution in [0.2, 0.25) is 0 Å². The first-order valence-electron chi connectivity index (χ1n) is 11.3. The Bertz CT molecular complexity index is 696. The summed E-state index contributed by atoms with van der Waals surface area (Å²) in [6.45, 7) is 4.93. The first kappa shape index (κ1) is 23.1. The first-order chi connectivity index (χ1) is 14.2. The molecule has 0 saturated carbocycles. The predicted molar refractivity (Wildman–Crippen MR) is 119 cm³/mol. The Morgan fingerprint density at radius 3 is 2.03 bits per heavy atom. The average molecular weight is 397 g/mol. The molecule has 2 aromatic rings. The summed E-state index contributed by atoms with van der Waals surface area (Å²) in [5.74, 6) is 0.433. The highest BCUT2D eigenvalue weighted by Crippen LogP contribution is 2.17. The normalized spacial score (nSPS) is 10.8. The number of aromatic nitrogens is 2. The van der Waals surface area contributed by atoms with Crippen LogP contribution in [0.4, 0.5) is 0 Å². The average Bonchev–Trinajstić information content (AvgIpc) is 2.76. The van der Waals surface area contributed by atoms with Gasteiger partial charge in [-0.25, -0.2) is 14.8 Å². The monoisotopic (exact) mass is 396 g/mol. The summed E-state index contributed by atoms with van der Waals surface area (Å²) in [5, 5.41) is 0. The molecule has 0 saturated heterocycles. The minimum atomic E-state index is -0.256. The van der Waals surface area contributed by atoms with Gasteiger partial charge in [0, 0.05) is 18.0 Å². The summed E-state index contributed by atoms with van der Waals surface area (Å²) in [6, 6.07) is 7.36. The molecule has 29 heavy (non-hydrogen) atoms. The first-order valence-corrected chi connectivity index (χ1v) is 11.3. The fraction of sp³-hybridized carbons (Fsp3) is 0.560. The number of carbonyl (C=O) groups is 1. The van der Waals surface area contributed by atoms with Gasteiger partial charge in [-0.3, -0.25) is 0 Å². The van der Waals surface area contributed by atoms with Crippen molar-refractivity contribution in [2.75, 3.05) is 6.61 Å². The maximum absolute atomic E-state index is 12.2. The Kier molecular flexibility index (Phi) is 11.0. The summed E-state index contributed by atoms with van der Waals surface area (Å²) in [4.78, 5) is 21.1. The second kappa shape index (κ2) is 13.9. The van der Waals surface area contributed by atoms with E-state index in [0.29, 0.717) is 18.0 Å². The van der Waals surface area contributed by atoms with E-state index in [4.69, 9.17) is 4.74 Å². The standard InChI is InChI=1S/C25H36N2O2/c1-3-5-7-9-10-12-18-29-25(28)23-16-14-22(15-17-23)24-26-19-21(20-27-24)13-11-8-6-4-2/h14-17,19-20H,3-13,18H2,1-2H3. The van der Waals surface area contributed by atoms with Gasteiger partial charge in [-0.1, -0.05) is 77.3 Å². The molecule has 0 atom stereocenters. The maximum Gasteiger partial charge on any atom is 0.338 e. The van der Waals surface area contributed by atoms with Crippen LogP contribution in [0.15, 0.2) is 36.7 Å². The highest BCUT2D eigenvalue weighted by molar-refractivity contribution is 5.89. The fourth-order valence-electron chi connectivity index (χ4n) is 3.27. The zero-order valence-corrected chi connectivity index (χ0v) is 18.2. The molecule has 0 amide bonds. The minimum absolute atomic E-state index is 0.256. The van der Waals surface area contributed by atoms with Crippen molar-refractivity contribution in [3.63, 3.8) is 0 Å². The smallest absolute Gasteiger partial charge is 0.338 e. The second-order valence-electron chi connectivity index (χ2n) is 7.71. The van der Waals surface area contributed by atoms with Gasteiger partial charge in [-0.15, -0.1) is 0 Å². The van der Waals surface area contributed by atoms with E-state index >= 15 is 0 Å². The van der Waals surface area contributed by atoms with Crippen LogP contribution in [0.25, 0.3) is 11.4 Å². The molecule has 1 aromatic heterocycles. The molecule has 0 aliphatic rings. The van der Waals surface area contributed by atoms with E-state index in [-0.39, 0.29) is 5.97 Å². The third kappa shape index (κ3) is 8.76. The summed E-state index contributed by atoms with van der Waals surface area (Å²) in [7, 11) is 0. The van der Waals surface area contributed by atoms with Crippen molar-refractivity contribution in [3.8, 4) is 11.4 Å². The van der Waals surface area contributed by atoms with Crippen molar-refractivity contribution < 1.29 is 9.53 Å². The molecular weight excluding hydrogens is 360 g/mol. The van der Waals surface area contributed by atoms with Crippen LogP contribution < -0.4 is 0 Å². The number of carbonyl (C=O) groups excluding carboxylic acids is 1. The Balaban J connectivity index is 1.76. The van der Waals surface area contributed by atoms with Gasteiger partial charge in [-0.2, -0.15) is 0 Å². The van der Waals surface area contributed by atoms with Crippen LogP contribution in [0.1, 0.15) is 94.0 Å². The minimum Gasteiger partial charge on any atom is -0.462 e. The molecule has 4 heteroatoms. The number of hydrogen-bond acceptors (Lipinski definition) is 4. The Hall–Kier alpha value is -2.23. The zero-order valence-electron chi connectivity index (χ0n) is 18.2. The van der Waals surface area contributed by atoms with Crippen molar-refractivity contribution in [3.05, 3.63) is 47.8 Å². The van der Waals surface area contributed by atoms with Gasteiger partial charge in [0.25, 0.3) is 0 Å². The van der Waals surface area contributed by atoms with Gasteiger partial charge in [0.05, 0.1) is 12.2 Å². The summed E-state index contributed by atoms with van der Waals surface area (Å²) >= 11 is 0. The van der Waals surface area contributed by atoms with E-state index in [1.54, 1.807) is 12.1 Å². The van der Waals surface area contributed by atoms with Crippen LogP contribution in [0, 0.1) is 0 Å². The van der Waals surface area contributed by atoms with Crippen LogP contribution in [-0.4, -0.2) is 22.5 Å². The number of rotatable bonds is 14. The lowest BCUT2D eigenvalue weighted by Gasteiger charge is -2.06. The number of esters is 1. The molecule has 0 aliphatic carbocycles. The molecule has 0 fully saturated rings. The molecule has 4 nitrogen and oxygen atoms in total. The van der Waals surface area contributed by atoms with Crippen LogP contribution in [0.5, 0.6) is 0 Å². The van der Waals surface area contributed by atoms with Gasteiger partial charge in [0.1, 0.15) is 0 Å². The number of ether oxygens (including phenoxy) is 1. The molecule has 0 bridgehead atoms. The third-order valence-electron chi connectivity index (χ3n) is 5.13. The lowest BCUT2D eigenvalue weighted by molar-refractivity contribution is 0.0497. The molecule has 0 radical (unpaired) electrons. The number of aryl methyl sites for hydroxylation is 1. The van der Waals surface area contributed by atoms with E-state index in [2.05, 4.69) is 23.8 Å². The topological polar surface area (TPSA) is 52.1 Å². The number of benzene rings is 1. The highest BCUT2D eigenvalue weighted by Gasteiger charge is 2.08. The second-order valence-corrected chi connectivity index (χ2v) is 7.71. The van der Waals surface area contributed by atoms with Crippen molar-refractivity contribution in [1.82, 2.24) is 9.97 Å². The zero-order chi connectivity index (χ0) is 20.7. The molecule has 0 spiro atoms. The molecule has 1 aromatic carbocycles. The summed E-state index contributed by atoms with van der Waals surface area (Å²) in [6.07, 6.45) is 16.9. The van der Waals surface area contributed by atoms with Gasteiger partial charge in [0.15, 0.2) is 5.82 Å². The number of unbranched alkanes of at least 4 members (excludes halogenated alkanes) is 8. The number of hydrogen-bond donors (Lipinski definition) is 0. The fourth-order valence-corrected chi connectivity index (χ4v) is 3.27. The molecule has 2 rings (SSSR count). The van der Waals surface area contributed by atoms with Crippen molar-refractivity contribution >= 4 is 5.97 Å². The molecule has 0 N–H and O–H groups in total. The Labute approximate surface area is 176 Å². The Morgan fingerprint density at radius 2 is 1.38 bits per heavy atom. The maximum atomic E-state index is 12.2. The highest BCUT2D eigenvalue weighted by atomic mass is 16.5. The van der Waals surface area contributed by atoms with Gasteiger partial charge < -0.3 is 4.74 Å². The quantitative estimate of drug-likeness (QED) is 0.261. The molecular formula is C25H36N2O2. The number of nitrogens with zero attached hydrogens (tertiary/aromatic N) is 2. The van der Waals surface area contributed by atoms with E-state index in [1.807, 2.05) is 24.5 Å². The lowest BCUT2D eigenvalue weighted by Crippen LogP contribution is -2.06. The predicted octanol–water partition coefficient (Wildman–Crippen LogP) is 6.78. The van der Waals surface area contributed by atoms with E-state index in [0.717, 1.165) is 24.8 Å². The lowest BCUT2D eigenvalue weighted by atomic mass is 10.1. The van der Waals surface area contributed by atoms with Crippen LogP contribution in [-0.2, 0) is 11.2 Å². The molecule has 158 valence electrons. The van der Waals surface area contributed by atoms with Gasteiger partial charge in [-0.05, 0) is 37.0 Å². The van der Waals surface area contributed by atoms with Crippen molar-refractivity contribution in [2.45, 2.75) is 84.5 Å².